The van der Waals surface area contributed by atoms with Gasteiger partial charge >= 0.3 is 0 Å². The van der Waals surface area contributed by atoms with Crippen molar-refractivity contribution in [1.29, 1.82) is 0 Å². The van der Waals surface area contributed by atoms with Crippen molar-refractivity contribution in [1.82, 2.24) is 4.68 Å². The molecule has 1 aromatic heterocycles. The Morgan fingerprint density at radius 2 is 1.22 bits per heavy atom. The molecule has 1 aliphatic heterocycles. The lowest BCUT2D eigenvalue weighted by Gasteiger charge is -2.20. The number of para-hydroxylation sites is 1. The van der Waals surface area contributed by atoms with Crippen molar-refractivity contribution in [2.75, 3.05) is 5.84 Å². The molecule has 0 amide bonds. The molecule has 1 unspecified atom stereocenters. The molecule has 6 aromatic rings. The van der Waals surface area contributed by atoms with Crippen LogP contribution < -0.4 is 21.8 Å². The first-order valence-electron chi connectivity index (χ1n) is 10.7. The van der Waals surface area contributed by atoms with Gasteiger partial charge < -0.3 is 5.84 Å². The maximum Gasteiger partial charge on any atom is 0.0710 e. The molecule has 2 nitrogen and oxygen atoms in total. The Hall–Kier alpha value is -3.39. The van der Waals surface area contributed by atoms with Crippen LogP contribution in [0.25, 0.3) is 43.7 Å². The number of aromatic nitrogens is 1. The van der Waals surface area contributed by atoms with Crippen molar-refractivity contribution < 1.29 is 0 Å². The Morgan fingerprint density at radius 3 is 2.03 bits per heavy atom. The number of rotatable bonds is 1. The van der Waals surface area contributed by atoms with Gasteiger partial charge in [-0.3, -0.25) is 4.68 Å². The molecule has 0 saturated heterocycles. The zero-order chi connectivity index (χ0) is 21.4. The number of nitrogens with two attached hydrogens (primary N) is 1. The van der Waals surface area contributed by atoms with Crippen LogP contribution in [0.1, 0.15) is 0 Å². The van der Waals surface area contributed by atoms with Gasteiger partial charge in [-0.25, -0.2) is 0 Å². The van der Waals surface area contributed by atoms with E-state index in [1.165, 1.54) is 48.6 Å². The third-order valence-corrected chi connectivity index (χ3v) is 11.7. The molecule has 152 valence electrons. The summed E-state index contributed by atoms with van der Waals surface area (Å²) in [5.74, 6) is 6.58. The van der Waals surface area contributed by atoms with E-state index in [9.17, 15) is 0 Å². The lowest BCUT2D eigenvalue weighted by Crippen LogP contribution is -2.21. The van der Waals surface area contributed by atoms with E-state index in [2.05, 4.69) is 97.1 Å². The maximum atomic E-state index is 6.65. The number of hydrogen-bond acceptors (Lipinski definition) is 2. The summed E-state index contributed by atoms with van der Waals surface area (Å²) in [4.78, 5) is 0. The average Bonchev–Trinajstić information content (AvgIpc) is 3.27. The highest BCUT2D eigenvalue weighted by atomic mass is 32.4. The molecule has 1 aliphatic rings. The van der Waals surface area contributed by atoms with Gasteiger partial charge in [0.15, 0.2) is 0 Å². The van der Waals surface area contributed by atoms with Crippen LogP contribution in [-0.2, 0) is 11.8 Å². The molecular weight excluding hydrogens is 427 g/mol. The van der Waals surface area contributed by atoms with Crippen molar-refractivity contribution in [3.63, 3.8) is 0 Å². The van der Waals surface area contributed by atoms with Crippen LogP contribution in [0.4, 0.5) is 0 Å². The van der Waals surface area contributed by atoms with E-state index >= 15 is 0 Å². The summed E-state index contributed by atoms with van der Waals surface area (Å²) in [6, 6.07) is 34.6. The predicted octanol–water partition coefficient (Wildman–Crippen LogP) is 5.40. The fourth-order valence-corrected chi connectivity index (χ4v) is 9.61. The predicted molar refractivity (Wildman–Crippen MR) is 142 cm³/mol. The lowest BCUT2D eigenvalue weighted by atomic mass is 9.99. The Balaban J connectivity index is 1.68. The molecule has 2 heterocycles. The standard InChI is InChI=1S/C28H19N2PS/c29-30-25-13-7-6-12-21(25)22-16-24-23-14-18-8-4-5-9-19(18)15-27(23)31(32,28(24)17-26(22)30)20-10-2-1-3-11-20/h1-17H,29H2. The maximum absolute atomic E-state index is 6.65. The highest BCUT2D eigenvalue weighted by Crippen LogP contribution is 2.54. The molecule has 7 rings (SSSR count). The van der Waals surface area contributed by atoms with Crippen molar-refractivity contribution in [2.24, 2.45) is 0 Å². The molecule has 0 aliphatic carbocycles. The normalized spacial score (nSPS) is 17.1. The minimum Gasteiger partial charge on any atom is -0.339 e. The van der Waals surface area contributed by atoms with Gasteiger partial charge in [0.25, 0.3) is 0 Å². The minimum absolute atomic E-state index is 1.03. The van der Waals surface area contributed by atoms with Crippen molar-refractivity contribution in [3.05, 3.63) is 103 Å². The third-order valence-electron chi connectivity index (χ3n) is 6.78. The van der Waals surface area contributed by atoms with Gasteiger partial charge in [0.2, 0.25) is 0 Å². The molecule has 0 bridgehead atoms. The quantitative estimate of drug-likeness (QED) is 0.271. The van der Waals surface area contributed by atoms with Crippen molar-refractivity contribution >= 4 is 66.3 Å². The number of nitrogen functional groups attached to an aromatic ring is 1. The van der Waals surface area contributed by atoms with Crippen LogP contribution in [0, 0.1) is 0 Å². The molecule has 4 heteroatoms. The summed E-state index contributed by atoms with van der Waals surface area (Å²) in [5.41, 5.74) is 4.59. The number of fused-ring (bicyclic) bond motifs is 7. The van der Waals surface area contributed by atoms with Crippen LogP contribution in [0.15, 0.2) is 103 Å². The average molecular weight is 447 g/mol. The molecule has 2 N–H and O–H groups in total. The van der Waals surface area contributed by atoms with Gasteiger partial charge in [-0.2, -0.15) is 0 Å². The second-order valence-electron chi connectivity index (χ2n) is 8.43. The monoisotopic (exact) mass is 446 g/mol. The van der Waals surface area contributed by atoms with Gasteiger partial charge in [0.1, 0.15) is 0 Å². The Bertz CT molecular complexity index is 1770. The zero-order valence-corrected chi connectivity index (χ0v) is 18.9. The molecule has 0 spiro atoms. The third kappa shape index (κ3) is 2.22. The summed E-state index contributed by atoms with van der Waals surface area (Å²) in [7, 11) is 0. The summed E-state index contributed by atoms with van der Waals surface area (Å²) < 4.78 is 1.81. The van der Waals surface area contributed by atoms with E-state index in [0.717, 1.165) is 11.0 Å². The van der Waals surface area contributed by atoms with E-state index in [-0.39, 0.29) is 0 Å². The van der Waals surface area contributed by atoms with Crippen LogP contribution in [0.2, 0.25) is 0 Å². The van der Waals surface area contributed by atoms with E-state index in [1.807, 2.05) is 10.7 Å². The largest absolute Gasteiger partial charge is 0.339 e. The molecule has 1 atom stereocenters. The first-order chi connectivity index (χ1) is 15.7. The summed E-state index contributed by atoms with van der Waals surface area (Å²) in [6.07, 6.45) is 0. The van der Waals surface area contributed by atoms with Crippen LogP contribution in [0.3, 0.4) is 0 Å². The summed E-state index contributed by atoms with van der Waals surface area (Å²) in [6.45, 7) is 0. The Labute approximate surface area is 190 Å². The zero-order valence-electron chi connectivity index (χ0n) is 17.2. The highest BCUT2D eigenvalue weighted by molar-refractivity contribution is 8.26. The van der Waals surface area contributed by atoms with Crippen molar-refractivity contribution in [2.45, 2.75) is 0 Å². The fourth-order valence-electron chi connectivity index (χ4n) is 5.26. The summed E-state index contributed by atoms with van der Waals surface area (Å²) in [5, 5.41) is 8.59. The molecule has 0 saturated carbocycles. The SMILES string of the molecule is Nn1c2ccccc2c2cc3c(cc21)P(=S)(c1ccccc1)c1cc2ccccc2cc1-3. The first-order valence-corrected chi connectivity index (χ1v) is 13.5. The fraction of sp³-hybridized carbons (Fsp3) is 0. The lowest BCUT2D eigenvalue weighted by molar-refractivity contribution is 1.12. The van der Waals surface area contributed by atoms with Gasteiger partial charge in [-0.1, -0.05) is 84.6 Å². The molecular formula is C28H19N2PS. The van der Waals surface area contributed by atoms with Gasteiger partial charge in [0.05, 0.1) is 11.0 Å². The van der Waals surface area contributed by atoms with E-state index < -0.39 is 6.04 Å². The van der Waals surface area contributed by atoms with E-state index in [0.29, 0.717) is 0 Å². The van der Waals surface area contributed by atoms with Gasteiger partial charge in [-0.05, 0) is 57.5 Å². The second-order valence-corrected chi connectivity index (χ2v) is 12.8. The highest BCUT2D eigenvalue weighted by Gasteiger charge is 2.37. The Morgan fingerprint density at radius 1 is 0.594 bits per heavy atom. The molecule has 0 fully saturated rings. The smallest absolute Gasteiger partial charge is 0.0710 e. The molecule has 0 radical (unpaired) electrons. The number of benzene rings is 5. The second kappa shape index (κ2) is 6.32. The number of nitrogens with zero attached hydrogens (tertiary/aromatic N) is 1. The van der Waals surface area contributed by atoms with Crippen LogP contribution >= 0.6 is 6.04 Å². The number of hydrogen-bond donors (Lipinski definition) is 1. The Kier molecular flexibility index (Phi) is 3.60. The van der Waals surface area contributed by atoms with Crippen molar-refractivity contribution in [3.8, 4) is 11.1 Å². The summed E-state index contributed by atoms with van der Waals surface area (Å²) >= 11 is 6.65. The molecule has 32 heavy (non-hydrogen) atoms. The molecule has 5 aromatic carbocycles. The van der Waals surface area contributed by atoms with Crippen LogP contribution in [0.5, 0.6) is 0 Å². The van der Waals surface area contributed by atoms with E-state index in [4.69, 9.17) is 17.6 Å². The van der Waals surface area contributed by atoms with Gasteiger partial charge in [-0.15, -0.1) is 0 Å². The van der Waals surface area contributed by atoms with E-state index in [1.54, 1.807) is 0 Å². The first kappa shape index (κ1) is 18.2. The van der Waals surface area contributed by atoms with Crippen LogP contribution in [-0.4, -0.2) is 4.68 Å². The minimum atomic E-state index is -2.21. The van der Waals surface area contributed by atoms with Gasteiger partial charge in [0, 0.05) is 27.4 Å². The topological polar surface area (TPSA) is 30.9 Å².